The number of nitrogens with zero attached hydrogens (tertiary/aromatic N) is 3. The van der Waals surface area contributed by atoms with E-state index in [1.54, 1.807) is 43.3 Å². The highest BCUT2D eigenvalue weighted by atomic mass is 19.1. The van der Waals surface area contributed by atoms with E-state index in [0.717, 1.165) is 17.1 Å². The van der Waals surface area contributed by atoms with Gasteiger partial charge in [-0.3, -0.25) is 57.6 Å². The van der Waals surface area contributed by atoms with Crippen LogP contribution in [-0.2, 0) is 98.5 Å². The Kier molecular flexibility index (Phi) is 23.0. The van der Waals surface area contributed by atoms with E-state index in [1.807, 2.05) is 0 Å². The number of hydrogen-bond acceptors (Lipinski definition) is 21. The fourth-order valence-corrected chi connectivity index (χ4v) is 12.0. The van der Waals surface area contributed by atoms with Crippen LogP contribution in [0.2, 0.25) is 0 Å². The van der Waals surface area contributed by atoms with Crippen molar-refractivity contribution in [2.75, 3.05) is 52.7 Å². The van der Waals surface area contributed by atoms with Gasteiger partial charge in [0.05, 0.1) is 61.3 Å². The standard InChI is InChI=1S/C63H74FN11O20/c1-2-63(92)36-22-42-55-34(27-75(42)61(90)35(36)29-94-62(63)91)54-38(14-12-33-37(64)13-15-39(73-55)53(33)54)70-50(82)30-93-31-69-48(80)25-68-60(89)41(21-32-9-5-3-6-10-32)72-49(81)26-66-47(79)24-67-59(88)40(71-46(78)11-7-4-8-20-74-51(83)18-19-52(74)84)16-17-45(77)65-23-43-56(85)58(87)57(86)44(28-76)95-43/h3,5-6,9-10,13,15,18-19,22,38,40-41,43-44,56-58,76,85-87,92H,2,4,7-8,11-12,14,16-17,20-21,23-31H2,1H3,(H,65,77)(H,66,79)(H,67,88)(H,68,89)(H,69,80)(H,70,82)(H,71,78)(H,72,81)/t38-,40?,41-,43-,44+,56-,57+,58+,63-/m0/s1. The van der Waals surface area contributed by atoms with Crippen LogP contribution in [-0.4, -0.2) is 200 Å². The third-order valence-corrected chi connectivity index (χ3v) is 17.1. The van der Waals surface area contributed by atoms with Gasteiger partial charge in [-0.2, -0.15) is 0 Å². The van der Waals surface area contributed by atoms with E-state index in [2.05, 4.69) is 42.5 Å². The Hall–Kier alpha value is -9.44. The van der Waals surface area contributed by atoms with Crippen LogP contribution in [0.15, 0.2) is 65.5 Å². The highest BCUT2D eigenvalue weighted by Crippen LogP contribution is 2.45. The van der Waals surface area contributed by atoms with E-state index < -0.39 is 177 Å². The van der Waals surface area contributed by atoms with E-state index >= 15 is 4.39 Å². The second kappa shape index (κ2) is 31.2. The number of carbonyl (C=O) groups is 11. The molecule has 2 aromatic heterocycles. The molecule has 1 saturated heterocycles. The number of ether oxygens (including phenoxy) is 3. The van der Waals surface area contributed by atoms with Crippen molar-refractivity contribution in [3.05, 3.63) is 110 Å². The number of cyclic esters (lactones) is 1. The molecule has 508 valence electrons. The van der Waals surface area contributed by atoms with Crippen molar-refractivity contribution in [1.29, 1.82) is 0 Å². The first-order valence-electron chi connectivity index (χ1n) is 31.0. The number of pyridine rings is 2. The summed E-state index contributed by atoms with van der Waals surface area (Å²) >= 11 is 0. The molecule has 13 N–H and O–H groups in total. The fourth-order valence-electron chi connectivity index (χ4n) is 12.0. The Balaban J connectivity index is 0.735. The molecule has 10 amide bonds. The molecule has 0 bridgehead atoms. The van der Waals surface area contributed by atoms with Crippen molar-refractivity contribution in [3.8, 4) is 11.4 Å². The van der Waals surface area contributed by atoms with Gasteiger partial charge in [0.1, 0.15) is 68.4 Å². The zero-order valence-corrected chi connectivity index (χ0v) is 51.6. The van der Waals surface area contributed by atoms with Gasteiger partial charge in [0, 0.05) is 61.0 Å². The first-order valence-corrected chi connectivity index (χ1v) is 31.0. The lowest BCUT2D eigenvalue weighted by atomic mass is 9.83. The van der Waals surface area contributed by atoms with Crippen molar-refractivity contribution < 1.29 is 96.9 Å². The SMILES string of the molecule is CC[C@@]1(O)C(=O)OCc2c1cc1n(c2=O)Cc2c-1nc1ccc(F)c3c1c2[C@@H](NC(=O)COCNC(=O)CNC(=O)[C@H](Cc1ccccc1)NC(=O)CNC(=O)CNC(=O)C(CCC(=O)NC[C@@H]1O[C@H](CO)[C@@H](O)[C@H](O)[C@H]1O)NC(=O)CCCCCN1C(=O)C=CC1=O)CC3. The lowest BCUT2D eigenvalue weighted by Crippen LogP contribution is -2.60. The smallest absolute Gasteiger partial charge is 0.343 e. The predicted octanol–water partition coefficient (Wildman–Crippen LogP) is -3.80. The summed E-state index contributed by atoms with van der Waals surface area (Å²) in [7, 11) is 0. The summed E-state index contributed by atoms with van der Waals surface area (Å²) < 4.78 is 32.9. The number of aliphatic hydroxyl groups excluding tert-OH is 4. The first kappa shape index (κ1) is 69.9. The number of imide groups is 1. The number of aryl methyl sites for hydroxylation is 1. The van der Waals surface area contributed by atoms with E-state index in [0.29, 0.717) is 57.4 Å². The number of carbonyl (C=O) groups excluding carboxylic acids is 11. The Morgan fingerprint density at radius 2 is 1.43 bits per heavy atom. The average Bonchev–Trinajstić information content (AvgIpc) is 1.61. The third kappa shape index (κ3) is 16.4. The van der Waals surface area contributed by atoms with Gasteiger partial charge in [-0.1, -0.05) is 43.7 Å². The minimum absolute atomic E-state index is 0.0101. The van der Waals surface area contributed by atoms with Crippen molar-refractivity contribution >= 4 is 75.9 Å². The van der Waals surface area contributed by atoms with Crippen LogP contribution in [0.25, 0.3) is 22.3 Å². The van der Waals surface area contributed by atoms with Crippen LogP contribution < -0.4 is 48.1 Å². The van der Waals surface area contributed by atoms with Gasteiger partial charge in [-0.15, -0.1) is 0 Å². The van der Waals surface area contributed by atoms with Crippen molar-refractivity contribution in [2.45, 2.75) is 139 Å². The molecule has 31 nitrogen and oxygen atoms in total. The van der Waals surface area contributed by atoms with Crippen LogP contribution in [0, 0.1) is 5.82 Å². The Labute approximate surface area is 540 Å². The highest BCUT2D eigenvalue weighted by molar-refractivity contribution is 6.12. The molecule has 9 atom stereocenters. The number of halogens is 1. The average molecular weight is 1320 g/mol. The number of esters is 1. The Morgan fingerprint density at radius 3 is 2.15 bits per heavy atom. The number of rotatable bonds is 30. The molecule has 9 rings (SSSR count). The summed E-state index contributed by atoms with van der Waals surface area (Å²) in [6.07, 6.45) is -4.51. The van der Waals surface area contributed by atoms with Gasteiger partial charge in [0.15, 0.2) is 5.60 Å². The molecule has 1 aliphatic carbocycles. The molecular weight excluding hydrogens is 1250 g/mol. The van der Waals surface area contributed by atoms with Crippen LogP contribution in [0.5, 0.6) is 0 Å². The first-order chi connectivity index (χ1) is 45.5. The fraction of sp³-hybridized carbons (Fsp3) is 0.476. The van der Waals surface area contributed by atoms with Crippen LogP contribution in [0.1, 0.15) is 97.7 Å². The van der Waals surface area contributed by atoms with Crippen molar-refractivity contribution in [1.82, 2.24) is 57.0 Å². The van der Waals surface area contributed by atoms with Gasteiger partial charge < -0.3 is 86.8 Å². The number of amides is 10. The Bertz CT molecular complexity index is 3740. The predicted molar refractivity (Wildman–Crippen MR) is 326 cm³/mol. The normalized spacial score (nSPS) is 21.3. The van der Waals surface area contributed by atoms with Crippen LogP contribution in [0.4, 0.5) is 4.39 Å². The maximum Gasteiger partial charge on any atom is 0.343 e. The zero-order valence-electron chi connectivity index (χ0n) is 51.6. The topological polar surface area (TPSA) is 451 Å². The molecule has 0 spiro atoms. The van der Waals surface area contributed by atoms with E-state index in [-0.39, 0.29) is 82.3 Å². The summed E-state index contributed by atoms with van der Waals surface area (Å²) in [5.41, 5.74) is 0.813. The number of nitrogens with one attached hydrogen (secondary N) is 8. The lowest BCUT2D eigenvalue weighted by molar-refractivity contribution is -0.227. The summed E-state index contributed by atoms with van der Waals surface area (Å²) in [6.45, 7) is -2.80. The monoisotopic (exact) mass is 1320 g/mol. The number of hydrogen-bond donors (Lipinski definition) is 13. The van der Waals surface area contributed by atoms with Crippen molar-refractivity contribution in [2.24, 2.45) is 0 Å². The highest BCUT2D eigenvalue weighted by Gasteiger charge is 2.47. The van der Waals surface area contributed by atoms with Gasteiger partial charge in [0.2, 0.25) is 47.3 Å². The number of benzene rings is 2. The second-order valence-corrected chi connectivity index (χ2v) is 23.5. The van der Waals surface area contributed by atoms with Gasteiger partial charge >= 0.3 is 5.97 Å². The molecule has 32 heteroatoms. The largest absolute Gasteiger partial charge is 0.458 e. The molecule has 1 fully saturated rings. The number of aromatic nitrogens is 2. The molecular formula is C63H74FN11O20. The number of unbranched alkanes of at least 4 members (excludes halogenated alkanes) is 2. The minimum Gasteiger partial charge on any atom is -0.458 e. The summed E-state index contributed by atoms with van der Waals surface area (Å²) in [5.74, 6) is -8.37. The molecule has 6 heterocycles. The molecule has 4 aliphatic heterocycles. The van der Waals surface area contributed by atoms with Gasteiger partial charge in [-0.05, 0) is 73.4 Å². The second-order valence-electron chi connectivity index (χ2n) is 23.5. The number of aliphatic hydroxyl groups is 5. The summed E-state index contributed by atoms with van der Waals surface area (Å²) in [5, 5.41) is 71.9. The molecule has 95 heavy (non-hydrogen) atoms. The molecule has 0 saturated carbocycles. The third-order valence-electron chi connectivity index (χ3n) is 17.1. The lowest BCUT2D eigenvalue weighted by Gasteiger charge is -2.40. The van der Waals surface area contributed by atoms with Gasteiger partial charge in [-0.25, -0.2) is 14.2 Å². The zero-order chi connectivity index (χ0) is 68.3. The van der Waals surface area contributed by atoms with Gasteiger partial charge in [0.25, 0.3) is 17.4 Å². The molecule has 4 aromatic rings. The summed E-state index contributed by atoms with van der Waals surface area (Å²) in [4.78, 5) is 162. The maximum atomic E-state index is 15.4. The van der Waals surface area contributed by atoms with E-state index in [4.69, 9.17) is 19.2 Å². The molecule has 2 aromatic carbocycles. The maximum absolute atomic E-state index is 15.4. The molecule has 1 unspecified atom stereocenters. The quantitative estimate of drug-likeness (QED) is 0.00907. The Morgan fingerprint density at radius 1 is 0.747 bits per heavy atom. The van der Waals surface area contributed by atoms with Crippen LogP contribution >= 0.6 is 0 Å². The van der Waals surface area contributed by atoms with Crippen LogP contribution in [0.3, 0.4) is 0 Å². The number of fused-ring (bicyclic) bond motifs is 5. The molecule has 5 aliphatic rings. The molecule has 0 radical (unpaired) electrons. The van der Waals surface area contributed by atoms with E-state index in [9.17, 15) is 83.1 Å². The van der Waals surface area contributed by atoms with E-state index in [1.165, 1.54) is 16.7 Å². The summed E-state index contributed by atoms with van der Waals surface area (Å²) in [6, 6.07) is 9.43. The minimum atomic E-state index is -2.07. The van der Waals surface area contributed by atoms with Crippen molar-refractivity contribution in [3.63, 3.8) is 0 Å².